The maximum atomic E-state index is 12.3. The molecule has 0 bridgehead atoms. The number of hydrogen-bond acceptors (Lipinski definition) is 4. The predicted octanol–water partition coefficient (Wildman–Crippen LogP) is 1.94. The van der Waals surface area contributed by atoms with Gasteiger partial charge in [0.15, 0.2) is 0 Å². The molecule has 1 rings (SSSR count). The van der Waals surface area contributed by atoms with Crippen LogP contribution in [0.15, 0.2) is 17.2 Å². The van der Waals surface area contributed by atoms with Crippen LogP contribution >= 0.6 is 11.8 Å². The van der Waals surface area contributed by atoms with Crippen LogP contribution in [0.25, 0.3) is 0 Å². The molecule has 7 heteroatoms. The van der Waals surface area contributed by atoms with Crippen LogP contribution in [0.4, 0.5) is 0 Å². The zero-order chi connectivity index (χ0) is 15.9. The van der Waals surface area contributed by atoms with Crippen LogP contribution in [0.3, 0.4) is 0 Å². The quantitative estimate of drug-likeness (QED) is 0.642. The Balaban J connectivity index is 2.72. The lowest BCUT2D eigenvalue weighted by Crippen LogP contribution is -2.34. The molecule has 0 saturated heterocycles. The highest BCUT2D eigenvalue weighted by Gasteiger charge is 2.19. The van der Waals surface area contributed by atoms with Gasteiger partial charge in [0.1, 0.15) is 0 Å². The van der Waals surface area contributed by atoms with Crippen LogP contribution in [0.5, 0.6) is 0 Å². The molecular formula is C14H27N3O2S2. The van der Waals surface area contributed by atoms with E-state index < -0.39 is 10.0 Å². The van der Waals surface area contributed by atoms with Gasteiger partial charge < -0.3 is 9.88 Å². The molecule has 5 nitrogen and oxygen atoms in total. The molecule has 0 amide bonds. The molecule has 0 aliphatic rings. The zero-order valence-electron chi connectivity index (χ0n) is 13.3. The molecule has 1 heterocycles. The summed E-state index contributed by atoms with van der Waals surface area (Å²) >= 11 is 1.73. The smallest absolute Gasteiger partial charge is 0.242 e. The standard InChI is InChI=1S/C14H27N3O2S2/c1-5-7-15-9-13-8-14(10-17(13)4)21(18,19)16-12(3)11-20-6-2/h8,10,12,15-16H,5-7,9,11H2,1-4H3. The van der Waals surface area contributed by atoms with Crippen molar-refractivity contribution in [2.75, 3.05) is 18.1 Å². The van der Waals surface area contributed by atoms with Crippen molar-refractivity contribution >= 4 is 21.8 Å². The first-order valence-electron chi connectivity index (χ1n) is 7.36. The van der Waals surface area contributed by atoms with Gasteiger partial charge in [0.2, 0.25) is 10.0 Å². The average Bonchev–Trinajstić information content (AvgIpc) is 2.79. The minimum absolute atomic E-state index is 0.0678. The van der Waals surface area contributed by atoms with Gasteiger partial charge in [-0.25, -0.2) is 13.1 Å². The Morgan fingerprint density at radius 1 is 1.38 bits per heavy atom. The van der Waals surface area contributed by atoms with Gasteiger partial charge in [-0.2, -0.15) is 11.8 Å². The van der Waals surface area contributed by atoms with Gasteiger partial charge in [0.25, 0.3) is 0 Å². The normalized spacial score (nSPS) is 13.5. The van der Waals surface area contributed by atoms with Crippen molar-refractivity contribution in [1.82, 2.24) is 14.6 Å². The topological polar surface area (TPSA) is 63.1 Å². The number of hydrogen-bond donors (Lipinski definition) is 2. The van der Waals surface area contributed by atoms with E-state index in [9.17, 15) is 8.42 Å². The molecule has 2 N–H and O–H groups in total. The van der Waals surface area contributed by atoms with E-state index in [-0.39, 0.29) is 6.04 Å². The largest absolute Gasteiger partial charge is 0.352 e. The summed E-state index contributed by atoms with van der Waals surface area (Å²) in [5.74, 6) is 1.78. The highest BCUT2D eigenvalue weighted by atomic mass is 32.2. The van der Waals surface area contributed by atoms with Crippen LogP contribution in [0.2, 0.25) is 0 Å². The fraction of sp³-hybridized carbons (Fsp3) is 0.714. The first-order chi connectivity index (χ1) is 9.90. The molecule has 0 saturated carbocycles. The SMILES string of the molecule is CCCNCc1cc(S(=O)(=O)NC(C)CSCC)cn1C. The minimum Gasteiger partial charge on any atom is -0.352 e. The number of nitrogens with one attached hydrogen (secondary N) is 2. The molecule has 1 atom stereocenters. The Morgan fingerprint density at radius 2 is 2.10 bits per heavy atom. The summed E-state index contributed by atoms with van der Waals surface area (Å²) in [4.78, 5) is 0.339. The lowest BCUT2D eigenvalue weighted by molar-refractivity contribution is 0.571. The van der Waals surface area contributed by atoms with Crippen molar-refractivity contribution in [2.45, 2.75) is 44.7 Å². The third kappa shape index (κ3) is 6.02. The van der Waals surface area contributed by atoms with Crippen molar-refractivity contribution in [3.63, 3.8) is 0 Å². The van der Waals surface area contributed by atoms with Gasteiger partial charge in [0, 0.05) is 37.3 Å². The zero-order valence-corrected chi connectivity index (χ0v) is 15.0. The fourth-order valence-corrected chi connectivity index (χ4v) is 4.07. The summed E-state index contributed by atoms with van der Waals surface area (Å²) in [5, 5.41) is 3.29. The van der Waals surface area contributed by atoms with Crippen molar-refractivity contribution in [3.05, 3.63) is 18.0 Å². The molecule has 21 heavy (non-hydrogen) atoms. The summed E-state index contributed by atoms with van der Waals surface area (Å²) in [7, 11) is -1.56. The summed E-state index contributed by atoms with van der Waals surface area (Å²) in [6, 6.07) is 1.67. The van der Waals surface area contributed by atoms with E-state index in [0.717, 1.165) is 30.2 Å². The van der Waals surface area contributed by atoms with E-state index in [1.54, 1.807) is 24.0 Å². The number of nitrogens with zero attached hydrogens (tertiary/aromatic N) is 1. The molecule has 122 valence electrons. The molecule has 0 radical (unpaired) electrons. The maximum absolute atomic E-state index is 12.3. The highest BCUT2D eigenvalue weighted by molar-refractivity contribution is 7.99. The van der Waals surface area contributed by atoms with Gasteiger partial charge in [-0.05, 0) is 31.7 Å². The predicted molar refractivity (Wildman–Crippen MR) is 90.2 cm³/mol. The van der Waals surface area contributed by atoms with E-state index in [1.807, 2.05) is 18.5 Å². The number of sulfonamides is 1. The van der Waals surface area contributed by atoms with Crippen LogP contribution in [-0.4, -0.2) is 37.1 Å². The van der Waals surface area contributed by atoms with Crippen molar-refractivity contribution in [1.29, 1.82) is 0 Å². The molecule has 1 unspecified atom stereocenters. The fourth-order valence-electron chi connectivity index (χ4n) is 1.95. The van der Waals surface area contributed by atoms with E-state index in [4.69, 9.17) is 0 Å². The van der Waals surface area contributed by atoms with Gasteiger partial charge >= 0.3 is 0 Å². The molecule has 0 aliphatic heterocycles. The Kier molecular flexibility index (Phi) is 7.79. The summed E-state index contributed by atoms with van der Waals surface area (Å²) in [5.41, 5.74) is 0.972. The van der Waals surface area contributed by atoms with Gasteiger partial charge in [-0.1, -0.05) is 13.8 Å². The Hall–Kier alpha value is -0.500. The van der Waals surface area contributed by atoms with Crippen LogP contribution < -0.4 is 10.0 Å². The minimum atomic E-state index is -3.43. The van der Waals surface area contributed by atoms with E-state index in [1.165, 1.54) is 0 Å². The number of aromatic nitrogens is 1. The first-order valence-corrected chi connectivity index (χ1v) is 10.0. The van der Waals surface area contributed by atoms with Crippen molar-refractivity contribution in [3.8, 4) is 0 Å². The Morgan fingerprint density at radius 3 is 2.71 bits per heavy atom. The lowest BCUT2D eigenvalue weighted by Gasteiger charge is -2.12. The molecule has 0 aliphatic carbocycles. The van der Waals surface area contributed by atoms with Gasteiger partial charge in [-0.3, -0.25) is 0 Å². The molecule has 1 aromatic rings. The van der Waals surface area contributed by atoms with E-state index >= 15 is 0 Å². The van der Waals surface area contributed by atoms with Crippen LogP contribution in [-0.2, 0) is 23.6 Å². The van der Waals surface area contributed by atoms with E-state index in [2.05, 4.69) is 23.9 Å². The molecule has 1 aromatic heterocycles. The third-order valence-corrected chi connectivity index (χ3v) is 5.75. The second-order valence-electron chi connectivity index (χ2n) is 5.14. The number of rotatable bonds is 10. The Labute approximate surface area is 132 Å². The van der Waals surface area contributed by atoms with Gasteiger partial charge in [-0.15, -0.1) is 0 Å². The molecule has 0 spiro atoms. The summed E-state index contributed by atoms with van der Waals surface area (Å²) in [6.07, 6.45) is 2.73. The average molecular weight is 334 g/mol. The van der Waals surface area contributed by atoms with Crippen LogP contribution in [0.1, 0.15) is 32.9 Å². The second kappa shape index (κ2) is 8.82. The molecule has 0 aromatic carbocycles. The van der Waals surface area contributed by atoms with Crippen LogP contribution in [0, 0.1) is 0 Å². The molecule has 0 fully saturated rings. The van der Waals surface area contributed by atoms with Gasteiger partial charge in [0.05, 0.1) is 4.90 Å². The number of aryl methyl sites for hydroxylation is 1. The first kappa shape index (κ1) is 18.5. The summed E-state index contributed by atoms with van der Waals surface area (Å²) < 4.78 is 29.3. The van der Waals surface area contributed by atoms with E-state index in [0.29, 0.717) is 11.4 Å². The maximum Gasteiger partial charge on any atom is 0.242 e. The highest BCUT2D eigenvalue weighted by Crippen LogP contribution is 2.14. The van der Waals surface area contributed by atoms with Crippen molar-refractivity contribution in [2.24, 2.45) is 7.05 Å². The molecular weight excluding hydrogens is 306 g/mol. The second-order valence-corrected chi connectivity index (χ2v) is 8.17. The number of thioether (sulfide) groups is 1. The summed E-state index contributed by atoms with van der Waals surface area (Å²) in [6.45, 7) is 7.68. The third-order valence-electron chi connectivity index (χ3n) is 3.05. The Bertz CT molecular complexity index is 526. The monoisotopic (exact) mass is 333 g/mol. The van der Waals surface area contributed by atoms with Crippen molar-refractivity contribution < 1.29 is 8.42 Å². The lowest BCUT2D eigenvalue weighted by atomic mass is 10.4.